The number of anilines is 2. The molecule has 10 nitrogen and oxygen atoms in total. The molecule has 1 atom stereocenters. The van der Waals surface area contributed by atoms with Gasteiger partial charge >= 0.3 is 18.1 Å². The second-order valence-electron chi connectivity index (χ2n) is 12.1. The lowest BCUT2D eigenvalue weighted by Crippen LogP contribution is -2.50. The summed E-state index contributed by atoms with van der Waals surface area (Å²) < 4.78 is 12.2. The largest absolute Gasteiger partial charge is 0.467 e. The van der Waals surface area contributed by atoms with Gasteiger partial charge in [0.05, 0.1) is 40.8 Å². The second kappa shape index (κ2) is 11.9. The number of methoxy groups -OCH3 is 1. The Bertz CT molecular complexity index is 1520. The van der Waals surface area contributed by atoms with Crippen molar-refractivity contribution in [3.8, 4) is 5.69 Å². The third-order valence-electron chi connectivity index (χ3n) is 6.59. The summed E-state index contributed by atoms with van der Waals surface area (Å²) in [6, 6.07) is 11.0. The first kappa shape index (κ1) is 31.2. The summed E-state index contributed by atoms with van der Waals surface area (Å²) in [4.78, 5) is 40.1. The number of carbonyl (C=O) groups excluding carboxylic acids is 3. The average molecular weight is 617 g/mol. The molecule has 0 bridgehead atoms. The van der Waals surface area contributed by atoms with Crippen molar-refractivity contribution in [3.63, 3.8) is 0 Å². The van der Waals surface area contributed by atoms with E-state index in [1.54, 1.807) is 49.7 Å². The Hall–Kier alpha value is -3.76. The van der Waals surface area contributed by atoms with Crippen LogP contribution < -0.4 is 10.6 Å². The third-order valence-corrected chi connectivity index (χ3v) is 7.40. The van der Waals surface area contributed by atoms with E-state index in [4.69, 9.17) is 37.8 Å². The van der Waals surface area contributed by atoms with Crippen molar-refractivity contribution in [1.29, 1.82) is 0 Å². The Labute approximate surface area is 255 Å². The molecule has 42 heavy (non-hydrogen) atoms. The van der Waals surface area contributed by atoms with E-state index in [1.165, 1.54) is 12.0 Å². The number of amides is 3. The number of fused-ring (bicyclic) bond motifs is 1. The Balaban J connectivity index is 1.69. The third kappa shape index (κ3) is 6.99. The first-order chi connectivity index (χ1) is 19.6. The maximum Gasteiger partial charge on any atom is 0.411 e. The van der Waals surface area contributed by atoms with Crippen LogP contribution in [-0.2, 0) is 32.6 Å². The van der Waals surface area contributed by atoms with Crippen molar-refractivity contribution in [3.05, 3.63) is 69.3 Å². The van der Waals surface area contributed by atoms with Crippen molar-refractivity contribution in [2.24, 2.45) is 0 Å². The van der Waals surface area contributed by atoms with Crippen LogP contribution in [0.3, 0.4) is 0 Å². The fourth-order valence-corrected chi connectivity index (χ4v) is 4.81. The van der Waals surface area contributed by atoms with Gasteiger partial charge in [-0.05, 0) is 56.2 Å². The first-order valence-corrected chi connectivity index (χ1v) is 14.1. The molecule has 12 heteroatoms. The summed E-state index contributed by atoms with van der Waals surface area (Å²) in [7, 11) is 1.30. The van der Waals surface area contributed by atoms with Crippen LogP contribution in [0, 0.1) is 0 Å². The number of hydrogen-bond donors (Lipinski definition) is 2. The van der Waals surface area contributed by atoms with Gasteiger partial charge in [0, 0.05) is 17.9 Å². The van der Waals surface area contributed by atoms with Crippen molar-refractivity contribution in [2.75, 3.05) is 17.7 Å². The molecule has 4 rings (SSSR count). The van der Waals surface area contributed by atoms with Gasteiger partial charge in [-0.15, -0.1) is 0 Å². The normalized spacial score (nSPS) is 15.1. The SMILES string of the molecule is COC(=O)[C@@H]1Cc2ccc(-n3nc(C(C)(C)C)cc3NC(=O)Nc3cccc(Cl)c3Cl)cc2CN1C(=O)OC(C)(C)C. The molecule has 3 aromatic rings. The maximum atomic E-state index is 13.1. The lowest BCUT2D eigenvalue weighted by molar-refractivity contribution is -0.147. The zero-order chi connectivity index (χ0) is 31.0. The summed E-state index contributed by atoms with van der Waals surface area (Å²) >= 11 is 12.3. The van der Waals surface area contributed by atoms with Crippen LogP contribution in [0.4, 0.5) is 21.1 Å². The summed E-state index contributed by atoms with van der Waals surface area (Å²) in [5.74, 6) is -0.0995. The number of carbonyl (C=O) groups is 3. The number of halogens is 2. The molecule has 0 spiro atoms. The van der Waals surface area contributed by atoms with E-state index in [2.05, 4.69) is 10.6 Å². The second-order valence-corrected chi connectivity index (χ2v) is 12.8. The van der Waals surface area contributed by atoms with Gasteiger partial charge in [0.15, 0.2) is 0 Å². The van der Waals surface area contributed by atoms with Crippen LogP contribution in [0.2, 0.25) is 10.0 Å². The minimum atomic E-state index is -0.820. The quantitative estimate of drug-likeness (QED) is 0.307. The molecule has 0 aliphatic carbocycles. The number of urea groups is 1. The smallest absolute Gasteiger partial charge is 0.411 e. The molecule has 0 radical (unpaired) electrons. The summed E-state index contributed by atoms with van der Waals surface area (Å²) in [6.07, 6.45) is -0.344. The van der Waals surface area contributed by atoms with Gasteiger partial charge in [0.1, 0.15) is 17.5 Å². The highest BCUT2D eigenvalue weighted by Gasteiger charge is 2.38. The number of esters is 1. The van der Waals surface area contributed by atoms with Crippen molar-refractivity contribution in [2.45, 2.75) is 71.6 Å². The monoisotopic (exact) mass is 615 g/mol. The van der Waals surface area contributed by atoms with Crippen LogP contribution in [0.15, 0.2) is 42.5 Å². The number of hydrogen-bond acceptors (Lipinski definition) is 6. The number of nitrogens with one attached hydrogen (secondary N) is 2. The molecular weight excluding hydrogens is 581 g/mol. The molecule has 0 saturated heterocycles. The summed E-state index contributed by atoms with van der Waals surface area (Å²) in [6.45, 7) is 11.5. The Morgan fingerprint density at radius 3 is 2.33 bits per heavy atom. The van der Waals surface area contributed by atoms with Gasteiger partial charge in [-0.25, -0.2) is 19.1 Å². The number of ether oxygens (including phenoxy) is 2. The van der Waals surface area contributed by atoms with E-state index < -0.39 is 29.7 Å². The molecule has 2 aromatic carbocycles. The molecule has 0 fully saturated rings. The minimum Gasteiger partial charge on any atom is -0.467 e. The Kier molecular flexibility index (Phi) is 8.80. The number of aromatic nitrogens is 2. The first-order valence-electron chi connectivity index (χ1n) is 13.4. The molecule has 3 amide bonds. The van der Waals surface area contributed by atoms with Gasteiger partial charge in [0.2, 0.25) is 0 Å². The standard InChI is InChI=1S/C30H35Cl2N5O5/c1-29(2,3)23-15-24(34-27(39)33-21-10-8-9-20(31)25(21)32)37(35-23)19-12-11-17-14-22(26(38)41-7)36(16-18(17)13-19)28(40)42-30(4,5)6/h8-13,15,22H,14,16H2,1-7H3,(H2,33,34,39)/t22-/m0/s1. The molecule has 2 heterocycles. The predicted molar refractivity (Wildman–Crippen MR) is 163 cm³/mol. The van der Waals surface area contributed by atoms with Crippen LogP contribution in [-0.4, -0.2) is 51.5 Å². The van der Waals surface area contributed by atoms with E-state index in [-0.39, 0.29) is 23.4 Å². The predicted octanol–water partition coefficient (Wildman–Crippen LogP) is 6.96. The fraction of sp³-hybridized carbons (Fsp3) is 0.400. The minimum absolute atomic E-state index is 0.127. The number of benzene rings is 2. The molecule has 1 aliphatic heterocycles. The number of nitrogens with zero attached hydrogens (tertiary/aromatic N) is 3. The lowest BCUT2D eigenvalue weighted by Gasteiger charge is -2.36. The zero-order valence-corrected chi connectivity index (χ0v) is 26.2. The van der Waals surface area contributed by atoms with Gasteiger partial charge in [-0.1, -0.05) is 56.1 Å². The van der Waals surface area contributed by atoms with Gasteiger partial charge < -0.3 is 14.8 Å². The fourth-order valence-electron chi connectivity index (χ4n) is 4.47. The van der Waals surface area contributed by atoms with Gasteiger partial charge in [0.25, 0.3) is 0 Å². The van der Waals surface area contributed by atoms with Crippen LogP contribution in [0.5, 0.6) is 0 Å². The molecule has 1 aromatic heterocycles. The maximum absolute atomic E-state index is 13.1. The molecule has 0 unspecified atom stereocenters. The van der Waals surface area contributed by atoms with Crippen molar-refractivity contribution < 1.29 is 23.9 Å². The average Bonchev–Trinajstić information content (AvgIpc) is 3.33. The Morgan fingerprint density at radius 1 is 0.976 bits per heavy atom. The lowest BCUT2D eigenvalue weighted by atomic mass is 9.92. The summed E-state index contributed by atoms with van der Waals surface area (Å²) in [5, 5.41) is 10.9. The van der Waals surface area contributed by atoms with Crippen LogP contribution in [0.25, 0.3) is 5.69 Å². The van der Waals surface area contributed by atoms with Crippen molar-refractivity contribution >= 4 is 52.8 Å². The summed E-state index contributed by atoms with van der Waals surface area (Å²) in [5.41, 5.74) is 2.41. The van der Waals surface area contributed by atoms with Crippen LogP contribution in [0.1, 0.15) is 58.4 Å². The molecule has 0 saturated carbocycles. The zero-order valence-electron chi connectivity index (χ0n) is 24.7. The van der Waals surface area contributed by atoms with Crippen molar-refractivity contribution in [1.82, 2.24) is 14.7 Å². The highest BCUT2D eigenvalue weighted by atomic mass is 35.5. The number of rotatable bonds is 4. The Morgan fingerprint density at radius 2 is 1.69 bits per heavy atom. The van der Waals surface area contributed by atoms with E-state index in [1.807, 2.05) is 39.0 Å². The molecular formula is C30H35Cl2N5O5. The van der Waals surface area contributed by atoms with E-state index in [0.29, 0.717) is 22.2 Å². The van der Waals surface area contributed by atoms with E-state index in [9.17, 15) is 14.4 Å². The topological polar surface area (TPSA) is 115 Å². The van der Waals surface area contributed by atoms with Gasteiger partial charge in [-0.2, -0.15) is 5.10 Å². The van der Waals surface area contributed by atoms with Crippen LogP contribution >= 0.6 is 23.2 Å². The van der Waals surface area contributed by atoms with E-state index in [0.717, 1.165) is 16.8 Å². The highest BCUT2D eigenvalue weighted by Crippen LogP contribution is 2.32. The van der Waals surface area contributed by atoms with Gasteiger partial charge in [-0.3, -0.25) is 10.2 Å². The van der Waals surface area contributed by atoms with E-state index >= 15 is 0 Å². The molecule has 224 valence electrons. The highest BCUT2D eigenvalue weighted by molar-refractivity contribution is 6.44. The molecule has 2 N–H and O–H groups in total. The molecule has 1 aliphatic rings.